The molecule has 0 radical (unpaired) electrons. The van der Waals surface area contributed by atoms with Gasteiger partial charge in [0, 0.05) is 19.4 Å². The van der Waals surface area contributed by atoms with Crippen molar-refractivity contribution in [2.24, 2.45) is 0 Å². The molecule has 1 heterocycles. The molecule has 1 aliphatic rings. The summed E-state index contributed by atoms with van der Waals surface area (Å²) in [6.07, 6.45) is -0.969. The van der Waals surface area contributed by atoms with Crippen LogP contribution in [0.3, 0.4) is 0 Å². The van der Waals surface area contributed by atoms with Gasteiger partial charge in [-0.2, -0.15) is 0 Å². The Hall–Kier alpha value is -1.59. The van der Waals surface area contributed by atoms with Gasteiger partial charge in [-0.1, -0.05) is 6.92 Å². The molecule has 6 heteroatoms. The molecule has 0 bridgehead atoms. The number of esters is 1. The van der Waals surface area contributed by atoms with Crippen molar-refractivity contribution in [2.45, 2.75) is 52.2 Å². The molecule has 6 nitrogen and oxygen atoms in total. The number of hydrogen-bond acceptors (Lipinski definition) is 5. The van der Waals surface area contributed by atoms with E-state index in [2.05, 4.69) is 0 Å². The Morgan fingerprint density at radius 1 is 1.37 bits per heavy atom. The highest BCUT2D eigenvalue weighted by molar-refractivity contribution is 5.88. The van der Waals surface area contributed by atoms with Crippen LogP contribution in [0.5, 0.6) is 0 Å². The van der Waals surface area contributed by atoms with Gasteiger partial charge in [0.25, 0.3) is 0 Å². The molecule has 1 amide bonds. The van der Waals surface area contributed by atoms with Crippen LogP contribution in [0.25, 0.3) is 0 Å². The van der Waals surface area contributed by atoms with E-state index in [-0.39, 0.29) is 25.2 Å². The van der Waals surface area contributed by atoms with E-state index < -0.39 is 23.8 Å². The van der Waals surface area contributed by atoms with Gasteiger partial charge in [-0.25, -0.2) is 4.79 Å². The Bertz CT molecular complexity index is 372. The van der Waals surface area contributed by atoms with E-state index >= 15 is 0 Å². The lowest BCUT2D eigenvalue weighted by atomic mass is 10.1. The van der Waals surface area contributed by atoms with E-state index in [0.29, 0.717) is 6.54 Å². The highest BCUT2D eigenvalue weighted by Crippen LogP contribution is 2.15. The van der Waals surface area contributed by atoms with Gasteiger partial charge in [0.05, 0.1) is 6.54 Å². The quantitative estimate of drug-likeness (QED) is 0.712. The molecule has 0 aromatic rings. The number of rotatable bonds is 2. The van der Waals surface area contributed by atoms with Crippen LogP contribution < -0.4 is 0 Å². The number of nitrogens with zero attached hydrogens (tertiary/aromatic N) is 1. The third-order valence-electron chi connectivity index (χ3n) is 2.59. The summed E-state index contributed by atoms with van der Waals surface area (Å²) < 4.78 is 10.3. The van der Waals surface area contributed by atoms with E-state index in [1.54, 1.807) is 27.7 Å². The van der Waals surface area contributed by atoms with Crippen molar-refractivity contribution >= 4 is 17.8 Å². The molecule has 1 atom stereocenters. The first-order valence-corrected chi connectivity index (χ1v) is 6.43. The molecule has 0 aliphatic carbocycles. The second-order valence-corrected chi connectivity index (χ2v) is 5.47. The van der Waals surface area contributed by atoms with Gasteiger partial charge in [0.2, 0.25) is 0 Å². The number of carbonyl (C=O) groups is 3. The smallest absolute Gasteiger partial charge is 0.410 e. The van der Waals surface area contributed by atoms with E-state index in [1.165, 1.54) is 4.90 Å². The first kappa shape index (κ1) is 15.5. The summed E-state index contributed by atoms with van der Waals surface area (Å²) in [5.74, 6) is -0.592. The van der Waals surface area contributed by atoms with Gasteiger partial charge in [-0.3, -0.25) is 9.59 Å². The maximum atomic E-state index is 11.9. The molecule has 1 unspecified atom stereocenters. The third kappa shape index (κ3) is 4.89. The standard InChI is InChI=1S/C13H21NO5/c1-5-11(16)18-10-8-14(7-6-9(10)15)12(17)19-13(2,3)4/h10H,5-8H2,1-4H3. The van der Waals surface area contributed by atoms with Crippen LogP contribution >= 0.6 is 0 Å². The van der Waals surface area contributed by atoms with Gasteiger partial charge >= 0.3 is 12.1 Å². The highest BCUT2D eigenvalue weighted by atomic mass is 16.6. The summed E-state index contributed by atoms with van der Waals surface area (Å²) >= 11 is 0. The van der Waals surface area contributed by atoms with Crippen LogP contribution in [0.4, 0.5) is 4.79 Å². The average Bonchev–Trinajstić information content (AvgIpc) is 2.29. The Balaban J connectivity index is 2.61. The maximum Gasteiger partial charge on any atom is 0.410 e. The van der Waals surface area contributed by atoms with Crippen LogP contribution in [0.2, 0.25) is 0 Å². The van der Waals surface area contributed by atoms with Gasteiger partial charge in [0.1, 0.15) is 5.60 Å². The fourth-order valence-corrected chi connectivity index (χ4v) is 1.64. The second-order valence-electron chi connectivity index (χ2n) is 5.47. The summed E-state index contributed by atoms with van der Waals surface area (Å²) in [5.41, 5.74) is -0.589. The van der Waals surface area contributed by atoms with Crippen molar-refractivity contribution in [1.82, 2.24) is 4.90 Å². The van der Waals surface area contributed by atoms with Crippen LogP contribution in [0.15, 0.2) is 0 Å². The van der Waals surface area contributed by atoms with Gasteiger partial charge in [0.15, 0.2) is 11.9 Å². The van der Waals surface area contributed by atoms with E-state index in [4.69, 9.17) is 9.47 Å². The molecule has 0 spiro atoms. The molecule has 1 rings (SSSR count). The van der Waals surface area contributed by atoms with Crippen LogP contribution in [0, 0.1) is 0 Å². The lowest BCUT2D eigenvalue weighted by Gasteiger charge is -2.32. The molecule has 108 valence electrons. The van der Waals surface area contributed by atoms with E-state index in [1.807, 2.05) is 0 Å². The summed E-state index contributed by atoms with van der Waals surface area (Å²) in [6.45, 7) is 7.34. The maximum absolute atomic E-state index is 11.9. The third-order valence-corrected chi connectivity index (χ3v) is 2.59. The lowest BCUT2D eigenvalue weighted by molar-refractivity contribution is -0.157. The Labute approximate surface area is 113 Å². The minimum atomic E-state index is -0.867. The number of amides is 1. The molecule has 1 saturated heterocycles. The van der Waals surface area contributed by atoms with Gasteiger partial charge in [-0.05, 0) is 20.8 Å². The zero-order valence-electron chi connectivity index (χ0n) is 11.9. The van der Waals surface area contributed by atoms with Crippen LogP contribution in [0.1, 0.15) is 40.5 Å². The predicted molar refractivity (Wildman–Crippen MR) is 67.6 cm³/mol. The van der Waals surface area contributed by atoms with Crippen LogP contribution in [-0.4, -0.2) is 47.5 Å². The molecule has 1 aliphatic heterocycles. The first-order valence-electron chi connectivity index (χ1n) is 6.43. The highest BCUT2D eigenvalue weighted by Gasteiger charge is 2.34. The molecular weight excluding hydrogens is 250 g/mol. The Morgan fingerprint density at radius 3 is 2.53 bits per heavy atom. The zero-order chi connectivity index (χ0) is 14.6. The fraction of sp³-hybridized carbons (Fsp3) is 0.769. The lowest BCUT2D eigenvalue weighted by Crippen LogP contribution is -2.50. The number of ether oxygens (including phenoxy) is 2. The molecule has 0 aromatic carbocycles. The number of piperidine rings is 1. The monoisotopic (exact) mass is 271 g/mol. The van der Waals surface area contributed by atoms with Crippen molar-refractivity contribution in [2.75, 3.05) is 13.1 Å². The number of hydrogen-bond donors (Lipinski definition) is 0. The minimum absolute atomic E-state index is 0.0689. The van der Waals surface area contributed by atoms with Gasteiger partial charge < -0.3 is 14.4 Å². The fourth-order valence-electron chi connectivity index (χ4n) is 1.64. The number of Topliss-reactive ketones (excluding diaryl/α,β-unsaturated/α-hetero) is 1. The first-order chi connectivity index (χ1) is 8.73. The molecule has 0 N–H and O–H groups in total. The van der Waals surface area contributed by atoms with Crippen molar-refractivity contribution in [1.29, 1.82) is 0 Å². The van der Waals surface area contributed by atoms with Crippen molar-refractivity contribution < 1.29 is 23.9 Å². The largest absolute Gasteiger partial charge is 0.452 e. The normalized spacial score (nSPS) is 20.1. The number of ketones is 1. The predicted octanol–water partition coefficient (Wildman–Crippen LogP) is 1.52. The number of likely N-dealkylation sites (tertiary alicyclic amines) is 1. The van der Waals surface area contributed by atoms with E-state index in [0.717, 1.165) is 0 Å². The topological polar surface area (TPSA) is 72.9 Å². The molecular formula is C13H21NO5. The summed E-state index contributed by atoms with van der Waals surface area (Å²) in [4.78, 5) is 36.1. The van der Waals surface area contributed by atoms with Crippen molar-refractivity contribution in [3.05, 3.63) is 0 Å². The summed E-state index contributed by atoms with van der Waals surface area (Å²) in [7, 11) is 0. The number of carbonyl (C=O) groups excluding carboxylic acids is 3. The average molecular weight is 271 g/mol. The molecule has 0 saturated carbocycles. The van der Waals surface area contributed by atoms with E-state index in [9.17, 15) is 14.4 Å². The van der Waals surface area contributed by atoms with Gasteiger partial charge in [-0.15, -0.1) is 0 Å². The molecule has 19 heavy (non-hydrogen) atoms. The molecule has 1 fully saturated rings. The van der Waals surface area contributed by atoms with Crippen LogP contribution in [-0.2, 0) is 19.1 Å². The SMILES string of the molecule is CCC(=O)OC1CN(C(=O)OC(C)(C)C)CCC1=O. The summed E-state index contributed by atoms with van der Waals surface area (Å²) in [5, 5.41) is 0. The Kier molecular flexibility index (Phi) is 4.91. The second kappa shape index (κ2) is 6.04. The minimum Gasteiger partial charge on any atom is -0.452 e. The zero-order valence-corrected chi connectivity index (χ0v) is 11.9. The summed E-state index contributed by atoms with van der Waals surface area (Å²) in [6, 6.07) is 0. The molecule has 0 aromatic heterocycles. The van der Waals surface area contributed by atoms with Crippen molar-refractivity contribution in [3.63, 3.8) is 0 Å². The van der Waals surface area contributed by atoms with Crippen molar-refractivity contribution in [3.8, 4) is 0 Å². The Morgan fingerprint density at radius 2 is 2.00 bits per heavy atom.